The molecule has 0 aromatic heterocycles. The third-order valence-corrected chi connectivity index (χ3v) is 4.66. The second-order valence-corrected chi connectivity index (χ2v) is 6.22. The van der Waals surface area contributed by atoms with Crippen molar-refractivity contribution in [3.05, 3.63) is 0 Å². The summed E-state index contributed by atoms with van der Waals surface area (Å²) in [4.78, 5) is 14.0. The molecule has 17 heavy (non-hydrogen) atoms. The number of piperidine rings is 1. The molecule has 0 aromatic rings. The summed E-state index contributed by atoms with van der Waals surface area (Å²) in [6.45, 7) is 6.04. The molecule has 1 saturated heterocycles. The van der Waals surface area contributed by atoms with Gasteiger partial charge in [-0.2, -0.15) is 0 Å². The van der Waals surface area contributed by atoms with Gasteiger partial charge in [0.25, 0.3) is 0 Å². The van der Waals surface area contributed by atoms with Crippen molar-refractivity contribution < 1.29 is 4.79 Å². The first-order valence-corrected chi connectivity index (χ1v) is 7.47. The van der Waals surface area contributed by atoms with E-state index < -0.39 is 0 Å². The maximum atomic E-state index is 11.9. The lowest BCUT2D eigenvalue weighted by atomic mass is 9.76. The summed E-state index contributed by atoms with van der Waals surface area (Å²) in [5.74, 6) is 2.40. The van der Waals surface area contributed by atoms with Crippen molar-refractivity contribution in [2.24, 2.45) is 17.8 Å². The van der Waals surface area contributed by atoms with Gasteiger partial charge < -0.3 is 4.90 Å². The molecule has 1 amide bonds. The minimum atomic E-state index is 0.168. The predicted molar refractivity (Wildman–Crippen MR) is 70.7 cm³/mol. The molecule has 2 fully saturated rings. The van der Waals surface area contributed by atoms with Crippen molar-refractivity contribution in [3.8, 4) is 0 Å². The van der Waals surface area contributed by atoms with Gasteiger partial charge in [0.15, 0.2) is 0 Å². The van der Waals surface area contributed by atoms with Gasteiger partial charge in [-0.25, -0.2) is 0 Å². The first kappa shape index (κ1) is 12.9. The van der Waals surface area contributed by atoms with Crippen LogP contribution in [0.3, 0.4) is 0 Å². The number of likely N-dealkylation sites (tertiary alicyclic amines) is 1. The molecule has 2 rings (SSSR count). The molecule has 0 spiro atoms. The van der Waals surface area contributed by atoms with Gasteiger partial charge in [-0.1, -0.05) is 46.0 Å². The smallest absolute Gasteiger partial charge is 0.225 e. The molecule has 0 atom stereocenters. The number of hydrogen-bond acceptors (Lipinski definition) is 1. The highest BCUT2D eigenvalue weighted by Gasteiger charge is 2.29. The lowest BCUT2D eigenvalue weighted by Crippen LogP contribution is -2.42. The second-order valence-electron chi connectivity index (χ2n) is 6.22. The van der Waals surface area contributed by atoms with Gasteiger partial charge in [0, 0.05) is 19.0 Å². The highest BCUT2D eigenvalue weighted by molar-refractivity contribution is 5.78. The average molecular weight is 237 g/mol. The molecule has 0 N–H and O–H groups in total. The first-order chi connectivity index (χ1) is 8.18. The Balaban J connectivity index is 1.79. The minimum absolute atomic E-state index is 0.168. The van der Waals surface area contributed by atoms with E-state index in [1.165, 1.54) is 44.9 Å². The Bertz CT molecular complexity index is 248. The summed E-state index contributed by atoms with van der Waals surface area (Å²) in [5.41, 5.74) is 0. The minimum Gasteiger partial charge on any atom is -0.342 e. The van der Waals surface area contributed by atoms with Gasteiger partial charge in [-0.15, -0.1) is 0 Å². The fraction of sp³-hybridized carbons (Fsp3) is 0.933. The van der Waals surface area contributed by atoms with Crippen LogP contribution in [0.15, 0.2) is 0 Å². The number of nitrogens with zero attached hydrogens (tertiary/aromatic N) is 1. The second kappa shape index (κ2) is 5.88. The van der Waals surface area contributed by atoms with Gasteiger partial charge in [-0.3, -0.25) is 4.79 Å². The Hall–Kier alpha value is -0.530. The van der Waals surface area contributed by atoms with E-state index in [0.29, 0.717) is 5.91 Å². The molecule has 0 unspecified atom stereocenters. The van der Waals surface area contributed by atoms with Crippen molar-refractivity contribution in [3.63, 3.8) is 0 Å². The van der Waals surface area contributed by atoms with Gasteiger partial charge in [0.2, 0.25) is 5.91 Å². The Morgan fingerprint density at radius 3 is 2.00 bits per heavy atom. The van der Waals surface area contributed by atoms with Crippen LogP contribution < -0.4 is 0 Å². The van der Waals surface area contributed by atoms with Crippen LogP contribution in [0.2, 0.25) is 0 Å². The van der Waals surface area contributed by atoms with Gasteiger partial charge in [0.1, 0.15) is 0 Å². The zero-order chi connectivity index (χ0) is 12.3. The Kier molecular flexibility index (Phi) is 4.47. The zero-order valence-corrected chi connectivity index (χ0v) is 11.5. The molecule has 2 nitrogen and oxygen atoms in total. The fourth-order valence-corrected chi connectivity index (χ4v) is 3.56. The van der Waals surface area contributed by atoms with E-state index >= 15 is 0 Å². The van der Waals surface area contributed by atoms with Crippen molar-refractivity contribution >= 4 is 5.91 Å². The normalized spacial score (nSPS) is 24.3. The lowest BCUT2D eigenvalue weighted by Gasteiger charge is -2.38. The first-order valence-electron chi connectivity index (χ1n) is 7.47. The van der Waals surface area contributed by atoms with Crippen molar-refractivity contribution in [1.29, 1.82) is 0 Å². The average Bonchev–Trinajstić information content (AvgIpc) is 2.39. The fourth-order valence-electron chi connectivity index (χ4n) is 3.56. The molecule has 0 bridgehead atoms. The molecule has 2 heteroatoms. The summed E-state index contributed by atoms with van der Waals surface area (Å²) in [6, 6.07) is 0. The Labute approximate surface area is 106 Å². The van der Waals surface area contributed by atoms with E-state index in [0.717, 1.165) is 24.9 Å². The van der Waals surface area contributed by atoms with Crippen LogP contribution in [0.4, 0.5) is 0 Å². The third-order valence-electron chi connectivity index (χ3n) is 4.66. The third kappa shape index (κ3) is 3.23. The Morgan fingerprint density at radius 1 is 0.941 bits per heavy atom. The van der Waals surface area contributed by atoms with Crippen LogP contribution in [0, 0.1) is 17.8 Å². The quantitative estimate of drug-likeness (QED) is 0.720. The lowest BCUT2D eigenvalue weighted by molar-refractivity contribution is -0.136. The van der Waals surface area contributed by atoms with E-state index in [1.807, 2.05) is 13.8 Å². The van der Waals surface area contributed by atoms with Crippen LogP contribution in [0.25, 0.3) is 0 Å². The Morgan fingerprint density at radius 2 is 1.47 bits per heavy atom. The standard InChI is InChI=1S/C15H27NO/c1-12(2)15(17)16-10-8-14(9-11-16)13-6-4-3-5-7-13/h12-14H,3-11H2,1-2H3. The number of hydrogen-bond donors (Lipinski definition) is 0. The molecule has 0 radical (unpaired) electrons. The van der Waals surface area contributed by atoms with E-state index in [9.17, 15) is 4.79 Å². The molecule has 98 valence electrons. The van der Waals surface area contributed by atoms with E-state index in [2.05, 4.69) is 4.90 Å². The van der Waals surface area contributed by atoms with Crippen LogP contribution in [-0.4, -0.2) is 23.9 Å². The summed E-state index contributed by atoms with van der Waals surface area (Å²) in [5, 5.41) is 0. The molecule has 0 aromatic carbocycles. The van der Waals surface area contributed by atoms with E-state index in [4.69, 9.17) is 0 Å². The maximum Gasteiger partial charge on any atom is 0.225 e. The van der Waals surface area contributed by atoms with Crippen LogP contribution in [0.5, 0.6) is 0 Å². The summed E-state index contributed by atoms with van der Waals surface area (Å²) in [7, 11) is 0. The summed E-state index contributed by atoms with van der Waals surface area (Å²) < 4.78 is 0. The number of carbonyl (C=O) groups excluding carboxylic acids is 1. The van der Waals surface area contributed by atoms with Crippen LogP contribution in [-0.2, 0) is 4.79 Å². The van der Waals surface area contributed by atoms with Crippen molar-refractivity contribution in [1.82, 2.24) is 4.90 Å². The number of amides is 1. The molecule has 1 heterocycles. The maximum absolute atomic E-state index is 11.9. The number of carbonyl (C=O) groups is 1. The molecular formula is C15H27NO. The van der Waals surface area contributed by atoms with Gasteiger partial charge in [0.05, 0.1) is 0 Å². The molecule has 2 aliphatic rings. The monoisotopic (exact) mass is 237 g/mol. The highest BCUT2D eigenvalue weighted by Crippen LogP contribution is 2.35. The van der Waals surface area contributed by atoms with Crippen molar-refractivity contribution in [2.75, 3.05) is 13.1 Å². The predicted octanol–water partition coefficient (Wildman–Crippen LogP) is 3.46. The van der Waals surface area contributed by atoms with E-state index in [1.54, 1.807) is 0 Å². The van der Waals surface area contributed by atoms with Crippen LogP contribution >= 0.6 is 0 Å². The van der Waals surface area contributed by atoms with Gasteiger partial charge >= 0.3 is 0 Å². The SMILES string of the molecule is CC(C)C(=O)N1CCC(C2CCCCC2)CC1. The van der Waals surface area contributed by atoms with E-state index in [-0.39, 0.29) is 5.92 Å². The number of rotatable bonds is 2. The van der Waals surface area contributed by atoms with Crippen molar-refractivity contribution in [2.45, 2.75) is 58.8 Å². The molecule has 1 saturated carbocycles. The van der Waals surface area contributed by atoms with Gasteiger partial charge in [-0.05, 0) is 24.7 Å². The molecule has 1 aliphatic heterocycles. The topological polar surface area (TPSA) is 20.3 Å². The zero-order valence-electron chi connectivity index (χ0n) is 11.5. The highest BCUT2D eigenvalue weighted by atomic mass is 16.2. The largest absolute Gasteiger partial charge is 0.342 e. The molecular weight excluding hydrogens is 210 g/mol. The summed E-state index contributed by atoms with van der Waals surface area (Å²) in [6.07, 6.45) is 9.73. The molecule has 1 aliphatic carbocycles. The van der Waals surface area contributed by atoms with Crippen LogP contribution in [0.1, 0.15) is 58.8 Å². The summed E-state index contributed by atoms with van der Waals surface area (Å²) >= 11 is 0.